The Kier molecular flexibility index (Phi) is 4.36. The van der Waals surface area contributed by atoms with Crippen LogP contribution < -0.4 is 10.1 Å². The number of rotatable bonds is 3. The number of hydrogen-bond acceptors (Lipinski definition) is 4. The fourth-order valence-corrected chi connectivity index (χ4v) is 5.58. The fraction of sp³-hybridized carbons (Fsp3) is 0.217. The van der Waals surface area contributed by atoms with Gasteiger partial charge in [-0.1, -0.05) is 29.5 Å². The molecule has 5 nitrogen and oxygen atoms in total. The number of aromatic amines is 1. The van der Waals surface area contributed by atoms with Crippen LogP contribution >= 0.6 is 11.3 Å². The van der Waals surface area contributed by atoms with E-state index in [1.807, 2.05) is 18.2 Å². The Morgan fingerprint density at radius 2 is 1.76 bits per heavy atom. The summed E-state index contributed by atoms with van der Waals surface area (Å²) in [6.45, 7) is 0.506. The van der Waals surface area contributed by atoms with Crippen LogP contribution in [-0.4, -0.2) is 15.2 Å². The number of aromatic nitrogens is 2. The lowest BCUT2D eigenvalue weighted by Gasteiger charge is -2.10. The SMILES string of the molecule is O=c1[nH]c(-c2cccc(O)c2)[n+](Cc2cccc(O)c2)c2sc3c(c12)CCCC3. The molecule has 5 rings (SSSR count). The summed E-state index contributed by atoms with van der Waals surface area (Å²) < 4.78 is 2.10. The Morgan fingerprint density at radius 1 is 1.00 bits per heavy atom. The predicted molar refractivity (Wildman–Crippen MR) is 114 cm³/mol. The van der Waals surface area contributed by atoms with E-state index in [2.05, 4.69) is 9.55 Å². The van der Waals surface area contributed by atoms with Gasteiger partial charge in [-0.25, -0.2) is 14.3 Å². The maximum Gasteiger partial charge on any atom is 0.344 e. The Hall–Kier alpha value is -3.12. The normalized spacial score (nSPS) is 13.5. The molecular weight excluding hydrogens is 384 g/mol. The number of thiophene rings is 1. The van der Waals surface area contributed by atoms with E-state index in [1.165, 1.54) is 10.4 Å². The minimum atomic E-state index is -0.0788. The minimum Gasteiger partial charge on any atom is -0.508 e. The molecule has 0 fully saturated rings. The van der Waals surface area contributed by atoms with Crippen LogP contribution in [0.1, 0.15) is 28.8 Å². The summed E-state index contributed by atoms with van der Waals surface area (Å²) >= 11 is 1.69. The molecule has 0 saturated carbocycles. The van der Waals surface area contributed by atoms with Crippen LogP contribution in [0.3, 0.4) is 0 Å². The lowest BCUT2D eigenvalue weighted by Crippen LogP contribution is -2.40. The second-order valence-electron chi connectivity index (χ2n) is 7.50. The first-order chi connectivity index (χ1) is 14.1. The van der Waals surface area contributed by atoms with Crippen molar-refractivity contribution in [1.82, 2.24) is 4.98 Å². The highest BCUT2D eigenvalue weighted by molar-refractivity contribution is 7.18. The highest BCUT2D eigenvalue weighted by Gasteiger charge is 2.27. The summed E-state index contributed by atoms with van der Waals surface area (Å²) in [4.78, 5) is 18.4. The number of phenolic OH excluding ortho intramolecular Hbond substituents is 2. The van der Waals surface area contributed by atoms with Crippen molar-refractivity contribution in [2.75, 3.05) is 0 Å². The second kappa shape index (κ2) is 7.04. The molecule has 2 heterocycles. The first kappa shape index (κ1) is 17.9. The van der Waals surface area contributed by atoms with Crippen molar-refractivity contribution in [1.29, 1.82) is 0 Å². The molecule has 1 aliphatic rings. The van der Waals surface area contributed by atoms with Crippen LogP contribution in [0, 0.1) is 0 Å². The average Bonchev–Trinajstić information content (AvgIpc) is 3.10. The van der Waals surface area contributed by atoms with Crippen LogP contribution in [0.15, 0.2) is 53.3 Å². The number of benzene rings is 2. The smallest absolute Gasteiger partial charge is 0.344 e. The third kappa shape index (κ3) is 3.19. The van der Waals surface area contributed by atoms with E-state index < -0.39 is 0 Å². The number of phenols is 2. The monoisotopic (exact) mass is 405 g/mol. The Balaban J connectivity index is 1.80. The van der Waals surface area contributed by atoms with Gasteiger partial charge < -0.3 is 10.2 Å². The van der Waals surface area contributed by atoms with Gasteiger partial charge in [0.05, 0.1) is 5.56 Å². The molecule has 0 aliphatic heterocycles. The van der Waals surface area contributed by atoms with E-state index >= 15 is 0 Å². The standard InChI is InChI=1S/C23H20N2O3S/c26-16-7-3-5-14(11-16)13-25-21(15-6-4-8-17(27)12-15)24-22(28)20-18-9-1-2-10-19(18)29-23(20)25/h3-8,11-12,26-27H,1-2,9-10,13H2/p+1. The first-order valence-corrected chi connectivity index (χ1v) is 10.6. The molecule has 0 spiro atoms. The molecule has 0 unspecified atom stereocenters. The van der Waals surface area contributed by atoms with Gasteiger partial charge in [-0.2, -0.15) is 0 Å². The second-order valence-corrected chi connectivity index (χ2v) is 8.58. The summed E-state index contributed by atoms with van der Waals surface area (Å²) in [5.41, 5.74) is 2.79. The Labute approximate surface area is 171 Å². The first-order valence-electron chi connectivity index (χ1n) is 9.78. The highest BCUT2D eigenvalue weighted by Crippen LogP contribution is 2.34. The van der Waals surface area contributed by atoms with Gasteiger partial charge in [0.25, 0.3) is 5.82 Å². The van der Waals surface area contributed by atoms with Crippen molar-refractivity contribution in [2.45, 2.75) is 32.2 Å². The molecule has 2 aromatic heterocycles. The summed E-state index contributed by atoms with van der Waals surface area (Å²) in [5.74, 6) is 1.02. The molecule has 29 heavy (non-hydrogen) atoms. The van der Waals surface area contributed by atoms with E-state index in [0.717, 1.165) is 47.0 Å². The largest absolute Gasteiger partial charge is 0.508 e. The van der Waals surface area contributed by atoms with Gasteiger partial charge in [0, 0.05) is 4.88 Å². The van der Waals surface area contributed by atoms with E-state index in [1.54, 1.807) is 41.7 Å². The molecule has 4 aromatic rings. The molecule has 6 heteroatoms. The van der Waals surface area contributed by atoms with Gasteiger partial charge in [-0.3, -0.25) is 0 Å². The Bertz CT molecular complexity index is 1290. The number of hydrogen-bond donors (Lipinski definition) is 3. The zero-order chi connectivity index (χ0) is 20.0. The zero-order valence-corrected chi connectivity index (χ0v) is 16.6. The summed E-state index contributed by atoms with van der Waals surface area (Å²) in [6.07, 6.45) is 4.22. The number of nitrogens with one attached hydrogen (secondary N) is 1. The van der Waals surface area contributed by atoms with Crippen LogP contribution in [0.5, 0.6) is 11.5 Å². The van der Waals surface area contributed by atoms with Gasteiger partial charge >= 0.3 is 5.56 Å². The van der Waals surface area contributed by atoms with Crippen LogP contribution in [0.25, 0.3) is 21.6 Å². The average molecular weight is 405 g/mol. The molecule has 0 atom stereocenters. The van der Waals surface area contributed by atoms with E-state index in [4.69, 9.17) is 0 Å². The number of fused-ring (bicyclic) bond motifs is 3. The molecule has 0 radical (unpaired) electrons. The summed E-state index contributed by atoms with van der Waals surface area (Å²) in [6, 6.07) is 14.1. The zero-order valence-electron chi connectivity index (χ0n) is 15.8. The van der Waals surface area contributed by atoms with Crippen LogP contribution in [-0.2, 0) is 19.4 Å². The number of H-pyrrole nitrogens is 1. The Morgan fingerprint density at radius 3 is 2.55 bits per heavy atom. The molecule has 146 valence electrons. The van der Waals surface area contributed by atoms with E-state index in [0.29, 0.717) is 12.4 Å². The van der Waals surface area contributed by atoms with Gasteiger partial charge in [-0.05, 0) is 67.1 Å². The number of aryl methyl sites for hydroxylation is 2. The maximum atomic E-state index is 13.1. The van der Waals surface area contributed by atoms with Crippen molar-refractivity contribution in [3.05, 3.63) is 74.9 Å². The highest BCUT2D eigenvalue weighted by atomic mass is 32.1. The van der Waals surface area contributed by atoms with Crippen molar-refractivity contribution in [3.8, 4) is 22.9 Å². The van der Waals surface area contributed by atoms with Gasteiger partial charge in [0.2, 0.25) is 0 Å². The summed E-state index contributed by atoms with van der Waals surface area (Å²) in [5, 5.41) is 20.7. The minimum absolute atomic E-state index is 0.0788. The predicted octanol–water partition coefficient (Wildman–Crippen LogP) is 3.88. The van der Waals surface area contributed by atoms with Gasteiger partial charge in [0.1, 0.15) is 23.4 Å². The fourth-order valence-electron chi connectivity index (χ4n) is 4.18. The maximum absolute atomic E-state index is 13.1. The van der Waals surface area contributed by atoms with Crippen molar-refractivity contribution < 1.29 is 14.8 Å². The van der Waals surface area contributed by atoms with Gasteiger partial charge in [0.15, 0.2) is 4.83 Å². The quantitative estimate of drug-likeness (QED) is 0.453. The van der Waals surface area contributed by atoms with Crippen molar-refractivity contribution >= 4 is 21.6 Å². The lowest BCUT2D eigenvalue weighted by molar-refractivity contribution is -0.652. The molecule has 0 saturated heterocycles. The number of nitrogens with zero attached hydrogens (tertiary/aromatic N) is 1. The third-order valence-electron chi connectivity index (χ3n) is 5.50. The van der Waals surface area contributed by atoms with Crippen molar-refractivity contribution in [2.24, 2.45) is 0 Å². The molecule has 3 N–H and O–H groups in total. The number of aromatic hydroxyl groups is 2. The van der Waals surface area contributed by atoms with Crippen LogP contribution in [0.4, 0.5) is 0 Å². The van der Waals surface area contributed by atoms with Gasteiger partial charge in [-0.15, -0.1) is 0 Å². The molecule has 1 aliphatic carbocycles. The van der Waals surface area contributed by atoms with E-state index in [-0.39, 0.29) is 17.1 Å². The third-order valence-corrected chi connectivity index (χ3v) is 6.81. The molecular formula is C23H21N2O3S+. The summed E-state index contributed by atoms with van der Waals surface area (Å²) in [7, 11) is 0. The lowest BCUT2D eigenvalue weighted by atomic mass is 9.97. The topological polar surface area (TPSA) is 77.2 Å². The van der Waals surface area contributed by atoms with Crippen molar-refractivity contribution in [3.63, 3.8) is 0 Å². The molecule has 2 aromatic carbocycles. The molecule has 0 amide bonds. The van der Waals surface area contributed by atoms with E-state index in [9.17, 15) is 15.0 Å². The van der Waals surface area contributed by atoms with Crippen LogP contribution in [0.2, 0.25) is 0 Å². The molecule has 0 bridgehead atoms.